The Balaban J connectivity index is 1.82. The zero-order valence-corrected chi connectivity index (χ0v) is 19.5. The molecule has 8 nitrogen and oxygen atoms in total. The molecule has 1 unspecified atom stereocenters. The molecule has 2 amide bonds. The van der Waals surface area contributed by atoms with Crippen molar-refractivity contribution in [1.29, 1.82) is 0 Å². The molecule has 1 atom stereocenters. The van der Waals surface area contributed by atoms with Crippen molar-refractivity contribution in [2.75, 3.05) is 18.5 Å². The van der Waals surface area contributed by atoms with Gasteiger partial charge in [0.15, 0.2) is 18.1 Å². The van der Waals surface area contributed by atoms with Crippen LogP contribution >= 0.6 is 11.3 Å². The summed E-state index contributed by atoms with van der Waals surface area (Å²) >= 11 is 1.16. The van der Waals surface area contributed by atoms with Crippen molar-refractivity contribution in [1.82, 2.24) is 0 Å². The van der Waals surface area contributed by atoms with Crippen LogP contribution in [0.5, 0.6) is 11.5 Å². The Hall–Kier alpha value is -3.85. The van der Waals surface area contributed by atoms with Gasteiger partial charge in [-0.05, 0) is 37.1 Å². The standard InChI is InChI=1S/C25H24N2O6S/c1-3-32-18-10-15(8-9-17(18)33-12-19(26)28)16-11-20(29)27-22-21(14-6-4-13(2)5-7-14)24(25(30)31)34-23(16)22/h4-10,16H,3,11-12H2,1-2H3,(H2,26,28)(H,27,29)(H,30,31). The highest BCUT2D eigenvalue weighted by Crippen LogP contribution is 2.50. The molecule has 0 radical (unpaired) electrons. The largest absolute Gasteiger partial charge is 0.490 e. The van der Waals surface area contributed by atoms with E-state index in [0.717, 1.165) is 32.9 Å². The van der Waals surface area contributed by atoms with Gasteiger partial charge in [0.1, 0.15) is 4.88 Å². The molecule has 0 saturated carbocycles. The number of thiophene rings is 1. The number of amides is 2. The average molecular weight is 481 g/mol. The Labute approximate surface area is 200 Å². The number of primary amides is 1. The summed E-state index contributed by atoms with van der Waals surface area (Å²) in [5, 5.41) is 12.8. The lowest BCUT2D eigenvalue weighted by Gasteiger charge is -2.24. The Morgan fingerprint density at radius 2 is 1.88 bits per heavy atom. The summed E-state index contributed by atoms with van der Waals surface area (Å²) < 4.78 is 11.1. The number of ether oxygens (including phenoxy) is 2. The van der Waals surface area contributed by atoms with Crippen molar-refractivity contribution in [3.63, 3.8) is 0 Å². The van der Waals surface area contributed by atoms with Crippen LogP contribution in [0.3, 0.4) is 0 Å². The maximum atomic E-state index is 12.7. The molecular weight excluding hydrogens is 456 g/mol. The molecule has 2 heterocycles. The van der Waals surface area contributed by atoms with Crippen LogP contribution < -0.4 is 20.5 Å². The summed E-state index contributed by atoms with van der Waals surface area (Å²) in [6.07, 6.45) is 0.160. The first-order chi connectivity index (χ1) is 16.3. The number of rotatable bonds is 8. The average Bonchev–Trinajstić information content (AvgIpc) is 3.18. The molecule has 176 valence electrons. The summed E-state index contributed by atoms with van der Waals surface area (Å²) in [4.78, 5) is 36.9. The van der Waals surface area contributed by atoms with Gasteiger partial charge in [-0.15, -0.1) is 11.3 Å². The van der Waals surface area contributed by atoms with Crippen molar-refractivity contribution >= 4 is 34.8 Å². The molecule has 34 heavy (non-hydrogen) atoms. The molecule has 0 fully saturated rings. The number of carbonyl (C=O) groups excluding carboxylic acids is 2. The molecular formula is C25H24N2O6S. The minimum Gasteiger partial charge on any atom is -0.490 e. The summed E-state index contributed by atoms with van der Waals surface area (Å²) in [7, 11) is 0. The Morgan fingerprint density at radius 3 is 2.53 bits per heavy atom. The van der Waals surface area contributed by atoms with E-state index in [4.69, 9.17) is 15.2 Å². The summed E-state index contributed by atoms with van der Waals surface area (Å²) in [6, 6.07) is 12.8. The highest BCUT2D eigenvalue weighted by atomic mass is 32.1. The van der Waals surface area contributed by atoms with Crippen LogP contribution in [0.4, 0.5) is 5.69 Å². The van der Waals surface area contributed by atoms with Gasteiger partial charge < -0.3 is 25.6 Å². The third-order valence-electron chi connectivity index (χ3n) is 5.48. The van der Waals surface area contributed by atoms with E-state index >= 15 is 0 Å². The number of aromatic carboxylic acids is 1. The van der Waals surface area contributed by atoms with Crippen LogP contribution in [0.1, 0.15) is 44.9 Å². The van der Waals surface area contributed by atoms with Gasteiger partial charge >= 0.3 is 5.97 Å². The summed E-state index contributed by atoms with van der Waals surface area (Å²) in [6.45, 7) is 3.85. The smallest absolute Gasteiger partial charge is 0.346 e. The molecule has 0 bridgehead atoms. The van der Waals surface area contributed by atoms with Gasteiger partial charge in [0.2, 0.25) is 5.91 Å². The van der Waals surface area contributed by atoms with Gasteiger partial charge in [-0.3, -0.25) is 9.59 Å². The molecule has 1 aliphatic rings. The summed E-state index contributed by atoms with van der Waals surface area (Å²) in [5.74, 6) is -1.44. The second-order valence-corrected chi connectivity index (χ2v) is 8.97. The zero-order chi connectivity index (χ0) is 24.4. The molecule has 4 N–H and O–H groups in total. The number of carbonyl (C=O) groups is 3. The highest BCUT2D eigenvalue weighted by Gasteiger charge is 2.34. The Kier molecular flexibility index (Phi) is 6.56. The fraction of sp³-hybridized carbons (Fsp3) is 0.240. The van der Waals surface area contributed by atoms with E-state index in [9.17, 15) is 19.5 Å². The van der Waals surface area contributed by atoms with E-state index < -0.39 is 11.9 Å². The first kappa shape index (κ1) is 23.3. The fourth-order valence-corrected chi connectivity index (χ4v) is 5.23. The Morgan fingerprint density at radius 1 is 1.15 bits per heavy atom. The number of carboxylic acids is 1. The van der Waals surface area contributed by atoms with Crippen molar-refractivity contribution < 1.29 is 29.0 Å². The predicted octanol–water partition coefficient (Wildman–Crippen LogP) is 4.16. The maximum absolute atomic E-state index is 12.7. The normalized spacial score (nSPS) is 14.8. The second kappa shape index (κ2) is 9.56. The number of carboxylic acid groups (broad SMARTS) is 1. The number of aryl methyl sites for hydroxylation is 1. The molecule has 1 aromatic heterocycles. The topological polar surface area (TPSA) is 128 Å². The van der Waals surface area contributed by atoms with Gasteiger partial charge in [0, 0.05) is 22.8 Å². The number of benzene rings is 2. The van der Waals surface area contributed by atoms with Gasteiger partial charge in [0.25, 0.3) is 5.91 Å². The number of nitrogens with one attached hydrogen (secondary N) is 1. The molecule has 0 aliphatic carbocycles. The first-order valence-corrected chi connectivity index (χ1v) is 11.5. The zero-order valence-electron chi connectivity index (χ0n) is 18.7. The monoisotopic (exact) mass is 480 g/mol. The van der Waals surface area contributed by atoms with E-state index in [1.807, 2.05) is 38.1 Å². The van der Waals surface area contributed by atoms with Gasteiger partial charge in [-0.2, -0.15) is 0 Å². The number of anilines is 1. The van der Waals surface area contributed by atoms with E-state index in [-0.39, 0.29) is 29.7 Å². The number of nitrogens with two attached hydrogens (primary N) is 1. The van der Waals surface area contributed by atoms with E-state index in [2.05, 4.69) is 5.32 Å². The van der Waals surface area contributed by atoms with Crippen LogP contribution in [0.2, 0.25) is 0 Å². The molecule has 2 aromatic carbocycles. The lowest BCUT2D eigenvalue weighted by molar-refractivity contribution is -0.120. The molecule has 9 heteroatoms. The number of hydrogen-bond acceptors (Lipinski definition) is 6. The highest BCUT2D eigenvalue weighted by molar-refractivity contribution is 7.15. The SMILES string of the molecule is CCOc1cc(C2CC(=O)Nc3c2sc(C(=O)O)c3-c2ccc(C)cc2)ccc1OCC(N)=O. The molecule has 0 spiro atoms. The van der Waals surface area contributed by atoms with Crippen LogP contribution in [0, 0.1) is 6.92 Å². The molecule has 3 aromatic rings. The third kappa shape index (κ3) is 4.60. The van der Waals surface area contributed by atoms with Crippen molar-refractivity contribution in [2.24, 2.45) is 5.73 Å². The third-order valence-corrected chi connectivity index (χ3v) is 6.77. The lowest BCUT2D eigenvalue weighted by atomic mass is 9.88. The fourth-order valence-electron chi connectivity index (χ4n) is 3.98. The maximum Gasteiger partial charge on any atom is 0.346 e. The minimum atomic E-state index is -1.05. The van der Waals surface area contributed by atoms with Gasteiger partial charge in [-0.25, -0.2) is 4.79 Å². The van der Waals surface area contributed by atoms with Crippen LogP contribution in [-0.2, 0) is 9.59 Å². The van der Waals surface area contributed by atoms with Crippen LogP contribution in [0.25, 0.3) is 11.1 Å². The molecule has 0 saturated heterocycles. The second-order valence-electron chi connectivity index (χ2n) is 7.92. The first-order valence-electron chi connectivity index (χ1n) is 10.7. The Bertz CT molecular complexity index is 1270. The van der Waals surface area contributed by atoms with Gasteiger partial charge in [0.05, 0.1) is 12.3 Å². The van der Waals surface area contributed by atoms with E-state index in [1.165, 1.54) is 0 Å². The molecule has 4 rings (SSSR count). The molecule has 1 aliphatic heterocycles. The van der Waals surface area contributed by atoms with Crippen LogP contribution in [0.15, 0.2) is 42.5 Å². The van der Waals surface area contributed by atoms with Crippen LogP contribution in [-0.4, -0.2) is 36.1 Å². The van der Waals surface area contributed by atoms with Crippen molar-refractivity contribution in [3.8, 4) is 22.6 Å². The lowest BCUT2D eigenvalue weighted by Crippen LogP contribution is -2.22. The number of hydrogen-bond donors (Lipinski definition) is 3. The van der Waals surface area contributed by atoms with Gasteiger partial charge in [-0.1, -0.05) is 35.9 Å². The number of fused-ring (bicyclic) bond motifs is 1. The predicted molar refractivity (Wildman–Crippen MR) is 129 cm³/mol. The minimum absolute atomic E-state index is 0.160. The van der Waals surface area contributed by atoms with E-state index in [1.54, 1.807) is 18.2 Å². The van der Waals surface area contributed by atoms with Crippen molar-refractivity contribution in [3.05, 3.63) is 63.3 Å². The summed E-state index contributed by atoms with van der Waals surface area (Å²) in [5.41, 5.74) is 8.77. The quantitative estimate of drug-likeness (QED) is 0.444. The van der Waals surface area contributed by atoms with Crippen molar-refractivity contribution in [2.45, 2.75) is 26.2 Å². The van der Waals surface area contributed by atoms with E-state index in [0.29, 0.717) is 29.4 Å².